The molecule has 17 atom stereocenters. The van der Waals surface area contributed by atoms with Crippen LogP contribution in [0.1, 0.15) is 125 Å². The normalized spacial score (nSPS) is 24.9. The lowest BCUT2D eigenvalue weighted by molar-refractivity contribution is -0.331. The SMILES string of the molecule is CNC(=O)C1NC(=O)C(C)NC(=O)[C@H](CC(N)=O)NC(=O)C(NC(=O)C(CC(C)C)NC)C(O)c2ccc(c(Cl)c2)Oc2cccc(c2OC2OC(CN=[N+]=[N-])C(O)C(O)C2OC2CC(C)(NCc3ccc(-c4ccc(Cl)cc4)cc3)C(O)C(C)O2)Oc2ccc(cc2Cl)C(O)CC(=O)N[C@@H](C(=O)NCCCCN)c2cc(O)cc(O)c2-c2cc1ccc2O. The molecule has 36 nitrogen and oxygen atoms in total. The van der Waals surface area contributed by atoms with Crippen LogP contribution in [0.15, 0.2) is 139 Å². The number of primary amides is 1. The molecule has 8 amide bonds. The number of hydrogen-bond acceptors (Lipinski definition) is 26. The molecule has 5 heterocycles. The molecule has 0 aromatic heterocycles. The predicted octanol–water partition coefficient (Wildman–Crippen LogP) is 6.32. The van der Waals surface area contributed by atoms with E-state index in [9.17, 15) is 84.7 Å². The lowest BCUT2D eigenvalue weighted by Crippen LogP contribution is -2.65. The van der Waals surface area contributed by atoms with Crippen molar-refractivity contribution in [2.24, 2.45) is 22.5 Å². The molecule has 2 saturated heterocycles. The van der Waals surface area contributed by atoms with Crippen LogP contribution in [0.3, 0.4) is 0 Å². The van der Waals surface area contributed by atoms with Gasteiger partial charge in [0.1, 0.15) is 77.3 Å². The van der Waals surface area contributed by atoms with Crippen molar-refractivity contribution in [3.05, 3.63) is 187 Å². The first kappa shape index (κ1) is 95.1. The number of hydrogen-bond donors (Lipinski definition) is 19. The highest BCUT2D eigenvalue weighted by molar-refractivity contribution is 6.32. The Morgan fingerprint density at radius 3 is 1.98 bits per heavy atom. The van der Waals surface area contributed by atoms with Gasteiger partial charge in [0.05, 0.1) is 59.9 Å². The summed E-state index contributed by atoms with van der Waals surface area (Å²) in [5.74, 6) is -12.0. The lowest BCUT2D eigenvalue weighted by atomic mass is 9.84. The highest BCUT2D eigenvalue weighted by atomic mass is 35.5. The number of para-hydroxylation sites is 1. The molecule has 7 aromatic rings. The highest BCUT2D eigenvalue weighted by Crippen LogP contribution is 2.48. The standard InChI is InChI=1S/C85H101Cl3N14O22/c1-40(2)29-55(92-6)79(114)101-71-72(109)48-21-26-61(54(88)32-48)121-63-12-10-11-62(75(63)124-84-76(74(111)73(110)64(122-84)39-96-102-91)123-67-37-85(5,77(112)42(4)119-67)95-38-43-13-15-44(16-14-43)45-17-22-49(86)23-18-45)120-60-25-20-46(31-53(60)87)58(105)36-66(108)99-70(82(117)94-28-9-8-27-89)52-33-50(103)34-59(106)68(52)51-30-47(19-24-57(51)104)69(81(116)93-7)100-78(113)41(3)97-80(115)56(35-65(90)107)98-83(71)118/h10-26,30-34,40-42,55-56,58,64,67,69-74,76-77,84,92,95,103-106,109-112H,8-9,27-29,35-39,89H2,1-7H3,(H2,90,107)(H,93,116)(H,94,117)(H,97,115)(H,98,118)(H,99,108)(H,100,113)(H,101,114)/t41?,42?,55?,56-,58?,64?,67?,69?,70+,71?,72?,73?,74?,76?,77?,84?,85?/m0/s1. The van der Waals surface area contributed by atoms with Gasteiger partial charge >= 0.3 is 0 Å². The van der Waals surface area contributed by atoms with Gasteiger partial charge in [-0.3, -0.25) is 38.4 Å². The van der Waals surface area contributed by atoms with Gasteiger partial charge in [0, 0.05) is 59.2 Å². The van der Waals surface area contributed by atoms with Gasteiger partial charge in [-0.2, -0.15) is 0 Å². The minimum Gasteiger partial charge on any atom is -0.508 e. The summed E-state index contributed by atoms with van der Waals surface area (Å²) < 4.78 is 39.2. The average Bonchev–Trinajstić information content (AvgIpc) is 0.772. The van der Waals surface area contributed by atoms with Crippen molar-refractivity contribution in [3.8, 4) is 68.2 Å². The summed E-state index contributed by atoms with van der Waals surface area (Å²) in [6, 6.07) is 21.8. The van der Waals surface area contributed by atoms with Crippen LogP contribution < -0.4 is 73.5 Å². The van der Waals surface area contributed by atoms with Gasteiger partial charge in [0.15, 0.2) is 23.9 Å². The molecule has 664 valence electrons. The predicted molar refractivity (Wildman–Crippen MR) is 453 cm³/mol. The molecule has 15 unspecified atom stereocenters. The summed E-state index contributed by atoms with van der Waals surface area (Å²) in [5, 5.41) is 123. The monoisotopic (exact) mass is 1770 g/mol. The molecule has 0 spiro atoms. The number of azide groups is 1. The van der Waals surface area contributed by atoms with Gasteiger partial charge in [-0.1, -0.05) is 114 Å². The molecule has 7 aromatic carbocycles. The van der Waals surface area contributed by atoms with E-state index in [1.165, 1.54) is 75.6 Å². The third kappa shape index (κ3) is 23.8. The van der Waals surface area contributed by atoms with E-state index in [2.05, 4.69) is 57.9 Å². The largest absolute Gasteiger partial charge is 0.508 e. The Morgan fingerprint density at radius 2 is 1.36 bits per heavy atom. The zero-order valence-electron chi connectivity index (χ0n) is 68.5. The first-order valence-electron chi connectivity index (χ1n) is 39.8. The Balaban J connectivity index is 1.07. The summed E-state index contributed by atoms with van der Waals surface area (Å²) in [5.41, 5.74) is 21.1. The fourth-order valence-corrected chi connectivity index (χ4v) is 15.0. The van der Waals surface area contributed by atoms with Gasteiger partial charge in [-0.05, 0) is 171 Å². The Hall–Kier alpha value is -11.2. The van der Waals surface area contributed by atoms with Gasteiger partial charge in [0.25, 0.3) is 0 Å². The number of rotatable bonds is 23. The molecular formula is C85H101Cl3N14O22. The van der Waals surface area contributed by atoms with E-state index in [-0.39, 0.29) is 99.3 Å². The number of ether oxygens (including phenoxy) is 6. The van der Waals surface area contributed by atoms with Crippen molar-refractivity contribution in [1.82, 2.24) is 47.9 Å². The zero-order valence-corrected chi connectivity index (χ0v) is 70.8. The number of likely N-dealkylation sites (N-methyl/N-ethyl adjacent to an activating group) is 2. The maximum absolute atomic E-state index is 14.9. The van der Waals surface area contributed by atoms with E-state index in [0.717, 1.165) is 47.0 Å². The number of unbranched alkanes of at least 4 members (excludes halogenated alkanes) is 1. The maximum Gasteiger partial charge on any atom is 0.247 e. The number of carbonyl (C=O) groups is 8. The van der Waals surface area contributed by atoms with E-state index in [1.54, 1.807) is 26.0 Å². The Bertz CT molecular complexity index is 5060. The van der Waals surface area contributed by atoms with E-state index in [1.807, 2.05) is 50.2 Å². The van der Waals surface area contributed by atoms with Crippen molar-refractivity contribution in [1.29, 1.82) is 0 Å². The van der Waals surface area contributed by atoms with Crippen LogP contribution in [0.25, 0.3) is 32.7 Å². The fraction of sp³-hybridized carbons (Fsp3) is 0.412. The topological polar surface area (TPSA) is 563 Å². The number of fused-ring (bicyclic) bond motifs is 2. The number of carbonyl (C=O) groups excluding carboxylic acids is 8. The number of phenols is 3. The number of aromatic hydroxyl groups is 3. The third-order valence-electron chi connectivity index (χ3n) is 21.2. The van der Waals surface area contributed by atoms with Crippen molar-refractivity contribution in [2.45, 2.75) is 183 Å². The van der Waals surface area contributed by atoms with E-state index in [0.29, 0.717) is 17.9 Å². The number of aliphatic hydroxyl groups excluding tert-OH is 5. The second-order valence-corrected chi connectivity index (χ2v) is 32.1. The van der Waals surface area contributed by atoms with Gasteiger partial charge in [0.2, 0.25) is 59.3 Å². The van der Waals surface area contributed by atoms with Crippen LogP contribution in [0.5, 0.6) is 46.0 Å². The number of aliphatic hydroxyl groups is 5. The quantitative estimate of drug-likeness (QED) is 0.0144. The number of benzene rings is 7. The summed E-state index contributed by atoms with van der Waals surface area (Å²) in [6.45, 7) is 8.07. The van der Waals surface area contributed by atoms with Crippen molar-refractivity contribution >= 4 is 82.1 Å². The van der Waals surface area contributed by atoms with Crippen molar-refractivity contribution in [3.63, 3.8) is 0 Å². The average molecular weight is 1780 g/mol. The summed E-state index contributed by atoms with van der Waals surface area (Å²) in [4.78, 5) is 117. The Labute approximate surface area is 727 Å². The summed E-state index contributed by atoms with van der Waals surface area (Å²) >= 11 is 20.3. The van der Waals surface area contributed by atoms with Crippen LogP contribution in [-0.2, 0) is 59.1 Å². The maximum atomic E-state index is 14.9. The minimum absolute atomic E-state index is 0.0118. The van der Waals surface area contributed by atoms with Crippen molar-refractivity contribution < 1.29 is 108 Å². The van der Waals surface area contributed by atoms with Crippen LogP contribution in [0.4, 0.5) is 0 Å². The molecule has 2 fully saturated rings. The number of halogens is 3. The highest BCUT2D eigenvalue weighted by Gasteiger charge is 2.52. The van der Waals surface area contributed by atoms with Crippen molar-refractivity contribution in [2.75, 3.05) is 33.7 Å². The molecule has 0 radical (unpaired) electrons. The summed E-state index contributed by atoms with van der Waals surface area (Å²) in [6.07, 6.45) is -17.1. The Morgan fingerprint density at radius 1 is 0.718 bits per heavy atom. The Kier molecular flexibility index (Phi) is 32.9. The first-order valence-corrected chi connectivity index (χ1v) is 40.9. The molecule has 21 N–H and O–H groups in total. The molecule has 0 aliphatic carbocycles. The lowest BCUT2D eigenvalue weighted by Gasteiger charge is -2.48. The van der Waals surface area contributed by atoms with E-state index < -0.39 is 198 Å². The number of nitrogens with one attached hydrogen (secondary N) is 9. The van der Waals surface area contributed by atoms with Crippen LogP contribution in [0, 0.1) is 5.92 Å². The molecule has 124 heavy (non-hydrogen) atoms. The molecule has 12 rings (SSSR count). The molecule has 39 heteroatoms. The number of nitrogens with zero attached hydrogens (tertiary/aromatic N) is 3. The van der Waals surface area contributed by atoms with Gasteiger partial charge < -0.3 is 129 Å². The number of amides is 8. The van der Waals surface area contributed by atoms with Crippen LogP contribution in [0.2, 0.25) is 15.1 Å². The molecular weight excluding hydrogens is 1680 g/mol. The second-order valence-electron chi connectivity index (χ2n) is 30.9. The first-order chi connectivity index (χ1) is 59.0. The van der Waals surface area contributed by atoms with Gasteiger partial charge in [-0.25, -0.2) is 0 Å². The molecule has 5 aliphatic heterocycles. The third-order valence-corrected chi connectivity index (χ3v) is 22.1. The molecule has 0 saturated carbocycles. The smallest absolute Gasteiger partial charge is 0.247 e. The fourth-order valence-electron chi connectivity index (χ4n) is 14.5. The van der Waals surface area contributed by atoms with E-state index >= 15 is 0 Å². The van der Waals surface area contributed by atoms with Crippen LogP contribution in [-0.4, -0.2) is 201 Å². The zero-order chi connectivity index (χ0) is 90.1. The molecule has 5 aliphatic rings. The van der Waals surface area contributed by atoms with Crippen LogP contribution >= 0.6 is 34.8 Å². The van der Waals surface area contributed by atoms with Gasteiger partial charge in [-0.15, -0.1) is 0 Å². The second kappa shape index (κ2) is 43.0. The number of nitrogens with two attached hydrogens (primary N) is 2. The molecule has 8 bridgehead atoms. The minimum atomic E-state index is -2.08. The van der Waals surface area contributed by atoms with E-state index in [4.69, 9.17) is 74.7 Å². The number of phenolic OH excluding ortho intramolecular Hbond substituents is 3. The summed E-state index contributed by atoms with van der Waals surface area (Å²) in [7, 11) is 2.71.